The third kappa shape index (κ3) is 4.02. The normalized spacial score (nSPS) is 21.4. The average molecular weight is 368 g/mol. The number of piperazine rings is 1. The van der Waals surface area contributed by atoms with Gasteiger partial charge in [0.1, 0.15) is 0 Å². The molecule has 1 unspecified atom stereocenters. The van der Waals surface area contributed by atoms with Crippen LogP contribution in [0.5, 0.6) is 11.5 Å². The summed E-state index contributed by atoms with van der Waals surface area (Å²) in [7, 11) is 1.55. The monoisotopic (exact) mass is 367 g/mol. The number of benzene rings is 1. The maximum atomic E-state index is 12.9. The maximum Gasteiger partial charge on any atom is 0.254 e. The van der Waals surface area contributed by atoms with E-state index in [0.717, 1.165) is 45.7 Å². The second-order valence-corrected chi connectivity index (χ2v) is 6.81. The summed E-state index contributed by atoms with van der Waals surface area (Å²) in [5.74, 6) is 0.986. The summed E-state index contributed by atoms with van der Waals surface area (Å²) in [6.45, 7) is 8.07. The van der Waals surface area contributed by atoms with Gasteiger partial charge in [0, 0.05) is 50.9 Å². The van der Waals surface area contributed by atoms with Crippen LogP contribution in [0, 0.1) is 0 Å². The van der Waals surface area contributed by atoms with Crippen molar-refractivity contribution in [3.8, 4) is 11.5 Å². The Kier molecular flexibility index (Phi) is 6.04. The zero-order valence-electron chi connectivity index (χ0n) is 14.9. The van der Waals surface area contributed by atoms with Gasteiger partial charge in [0.05, 0.1) is 18.7 Å². The lowest BCUT2D eigenvalue weighted by Crippen LogP contribution is -2.49. The Bertz CT molecular complexity index is 620. The number of carbonyl (C=O) groups excluding carboxylic acids is 1. The molecule has 3 rings (SSSR count). The molecule has 1 atom stereocenters. The Hall–Kier alpha value is -1.50. The van der Waals surface area contributed by atoms with Crippen LogP contribution < -0.4 is 14.8 Å². The van der Waals surface area contributed by atoms with Gasteiger partial charge in [0.25, 0.3) is 5.91 Å². The molecule has 0 aliphatic carbocycles. The Morgan fingerprint density at radius 1 is 1.32 bits per heavy atom. The fourth-order valence-corrected chi connectivity index (χ4v) is 3.85. The number of hydrogen-bond donors (Lipinski definition) is 1. The fraction of sp³-hybridized carbons (Fsp3) is 0.611. The summed E-state index contributed by atoms with van der Waals surface area (Å²) in [5.41, 5.74) is 0.547. The van der Waals surface area contributed by atoms with Crippen molar-refractivity contribution in [1.82, 2.24) is 15.1 Å². The number of rotatable bonds is 5. The molecule has 2 heterocycles. The molecule has 2 aliphatic heterocycles. The van der Waals surface area contributed by atoms with Crippen molar-refractivity contribution >= 4 is 17.5 Å². The van der Waals surface area contributed by atoms with Crippen LogP contribution in [0.1, 0.15) is 23.7 Å². The van der Waals surface area contributed by atoms with E-state index in [-0.39, 0.29) is 5.91 Å². The maximum absolute atomic E-state index is 12.9. The van der Waals surface area contributed by atoms with Crippen molar-refractivity contribution in [1.29, 1.82) is 0 Å². The van der Waals surface area contributed by atoms with Gasteiger partial charge in [-0.05, 0) is 25.5 Å². The highest BCUT2D eigenvalue weighted by atomic mass is 35.5. The van der Waals surface area contributed by atoms with Gasteiger partial charge < -0.3 is 19.7 Å². The number of likely N-dealkylation sites (tertiary alicyclic amines) is 1. The number of amides is 1. The highest BCUT2D eigenvalue weighted by Gasteiger charge is 2.32. The Balaban J connectivity index is 1.71. The highest BCUT2D eigenvalue weighted by molar-refractivity contribution is 6.32. The molecule has 7 heteroatoms. The molecule has 0 radical (unpaired) electrons. The molecule has 25 heavy (non-hydrogen) atoms. The summed E-state index contributed by atoms with van der Waals surface area (Å²) >= 11 is 6.30. The number of carbonyl (C=O) groups is 1. The van der Waals surface area contributed by atoms with Crippen LogP contribution in [0.2, 0.25) is 5.02 Å². The predicted molar refractivity (Wildman–Crippen MR) is 97.9 cm³/mol. The van der Waals surface area contributed by atoms with Crippen molar-refractivity contribution < 1.29 is 14.3 Å². The van der Waals surface area contributed by atoms with Crippen LogP contribution in [-0.2, 0) is 0 Å². The first-order chi connectivity index (χ1) is 12.1. The van der Waals surface area contributed by atoms with E-state index in [2.05, 4.69) is 10.2 Å². The predicted octanol–water partition coefficient (Wildman–Crippen LogP) is 1.87. The quantitative estimate of drug-likeness (QED) is 0.861. The summed E-state index contributed by atoms with van der Waals surface area (Å²) < 4.78 is 10.9. The van der Waals surface area contributed by atoms with Crippen molar-refractivity contribution in [3.63, 3.8) is 0 Å². The van der Waals surface area contributed by atoms with Crippen LogP contribution in [0.4, 0.5) is 0 Å². The zero-order chi connectivity index (χ0) is 17.8. The fourth-order valence-electron chi connectivity index (χ4n) is 3.58. The molecular weight excluding hydrogens is 342 g/mol. The number of nitrogens with zero attached hydrogens (tertiary/aromatic N) is 2. The van der Waals surface area contributed by atoms with Crippen LogP contribution in [0.25, 0.3) is 0 Å². The number of hydrogen-bond acceptors (Lipinski definition) is 5. The van der Waals surface area contributed by atoms with E-state index in [1.54, 1.807) is 19.2 Å². The van der Waals surface area contributed by atoms with Crippen LogP contribution >= 0.6 is 11.6 Å². The molecule has 0 saturated carbocycles. The Morgan fingerprint density at radius 3 is 2.76 bits per heavy atom. The molecule has 6 nitrogen and oxygen atoms in total. The minimum Gasteiger partial charge on any atom is -0.493 e. The van der Waals surface area contributed by atoms with Gasteiger partial charge in [0.15, 0.2) is 11.5 Å². The summed E-state index contributed by atoms with van der Waals surface area (Å²) in [6, 6.07) is 3.85. The third-order valence-corrected chi connectivity index (χ3v) is 5.16. The van der Waals surface area contributed by atoms with E-state index < -0.39 is 0 Å². The first-order valence-corrected chi connectivity index (χ1v) is 9.26. The van der Waals surface area contributed by atoms with Gasteiger partial charge in [-0.1, -0.05) is 11.6 Å². The van der Waals surface area contributed by atoms with Gasteiger partial charge in [-0.15, -0.1) is 0 Å². The van der Waals surface area contributed by atoms with E-state index in [1.807, 2.05) is 11.8 Å². The second kappa shape index (κ2) is 8.25. The molecule has 1 aromatic carbocycles. The van der Waals surface area contributed by atoms with Gasteiger partial charge in [0.2, 0.25) is 0 Å². The number of methoxy groups -OCH3 is 1. The van der Waals surface area contributed by atoms with E-state index in [9.17, 15) is 4.79 Å². The summed E-state index contributed by atoms with van der Waals surface area (Å²) in [4.78, 5) is 17.3. The standard InChI is InChI=1S/C18H26ClN3O3/c1-3-25-17-15(19)10-13(11-16(17)24-2)18(23)22-7-4-14(12-22)21-8-5-20-6-9-21/h10-11,14,20H,3-9,12H2,1-2H3. The van der Waals surface area contributed by atoms with Gasteiger partial charge in [-0.2, -0.15) is 0 Å². The molecule has 0 aromatic heterocycles. The molecule has 1 amide bonds. The van der Waals surface area contributed by atoms with Crippen LogP contribution in [-0.4, -0.2) is 74.7 Å². The first kappa shape index (κ1) is 18.3. The topological polar surface area (TPSA) is 54.0 Å². The highest BCUT2D eigenvalue weighted by Crippen LogP contribution is 2.37. The number of halogens is 1. The minimum absolute atomic E-state index is 0.000818. The summed E-state index contributed by atoms with van der Waals surface area (Å²) in [6.07, 6.45) is 1.02. The molecule has 0 spiro atoms. The van der Waals surface area contributed by atoms with Gasteiger partial charge in [-0.3, -0.25) is 9.69 Å². The SMILES string of the molecule is CCOc1c(Cl)cc(C(=O)N2CCC(N3CCNCC3)C2)cc1OC. The average Bonchev–Trinajstić information content (AvgIpc) is 3.13. The molecular formula is C18H26ClN3O3. The van der Waals surface area contributed by atoms with Crippen LogP contribution in [0.15, 0.2) is 12.1 Å². The molecule has 0 bridgehead atoms. The lowest BCUT2D eigenvalue weighted by Gasteiger charge is -2.32. The molecule has 1 aromatic rings. The Labute approximate surface area is 154 Å². The zero-order valence-corrected chi connectivity index (χ0v) is 15.6. The largest absolute Gasteiger partial charge is 0.493 e. The lowest BCUT2D eigenvalue weighted by molar-refractivity contribution is 0.0773. The lowest BCUT2D eigenvalue weighted by atomic mass is 10.1. The molecule has 2 fully saturated rings. The number of ether oxygens (including phenoxy) is 2. The van der Waals surface area contributed by atoms with Crippen molar-refractivity contribution in [2.45, 2.75) is 19.4 Å². The van der Waals surface area contributed by atoms with Crippen molar-refractivity contribution in [3.05, 3.63) is 22.7 Å². The first-order valence-electron chi connectivity index (χ1n) is 8.88. The van der Waals surface area contributed by atoms with Crippen molar-refractivity contribution in [2.24, 2.45) is 0 Å². The smallest absolute Gasteiger partial charge is 0.254 e. The molecule has 1 N–H and O–H groups in total. The second-order valence-electron chi connectivity index (χ2n) is 6.40. The van der Waals surface area contributed by atoms with Crippen molar-refractivity contribution in [2.75, 3.05) is 53.0 Å². The van der Waals surface area contributed by atoms with E-state index in [0.29, 0.717) is 34.7 Å². The third-order valence-electron chi connectivity index (χ3n) is 4.88. The molecule has 2 saturated heterocycles. The van der Waals surface area contributed by atoms with Crippen LogP contribution in [0.3, 0.4) is 0 Å². The van der Waals surface area contributed by atoms with E-state index in [4.69, 9.17) is 21.1 Å². The molecule has 2 aliphatic rings. The van der Waals surface area contributed by atoms with E-state index >= 15 is 0 Å². The van der Waals surface area contributed by atoms with Gasteiger partial charge >= 0.3 is 0 Å². The van der Waals surface area contributed by atoms with Gasteiger partial charge in [-0.25, -0.2) is 0 Å². The minimum atomic E-state index is 0.000818. The summed E-state index contributed by atoms with van der Waals surface area (Å²) in [5, 5.41) is 3.77. The molecule has 138 valence electrons. The Morgan fingerprint density at radius 2 is 2.08 bits per heavy atom. The van der Waals surface area contributed by atoms with E-state index in [1.165, 1.54) is 0 Å². The number of nitrogens with one attached hydrogen (secondary N) is 1.